The monoisotopic (exact) mass is 352 g/mol. The molecule has 120 valence electrons. The molecule has 1 aromatic heterocycles. The van der Waals surface area contributed by atoms with Crippen LogP contribution in [0.5, 0.6) is 0 Å². The van der Waals surface area contributed by atoms with Crippen LogP contribution in [0.25, 0.3) is 0 Å². The third-order valence-corrected chi connectivity index (χ3v) is 3.09. The minimum atomic E-state index is 0. The number of imidazole rings is 1. The van der Waals surface area contributed by atoms with Gasteiger partial charge in [-0.05, 0) is 31.2 Å². The number of rotatable bonds is 5. The SMILES string of the molecule is CCN(CC[n+]1ccn(C)c1)c1ccc(N)cc1.Cl.Cl.[Cl-]. The minimum absolute atomic E-state index is 0. The molecule has 0 saturated carbocycles. The third-order valence-electron chi connectivity index (χ3n) is 3.09. The van der Waals surface area contributed by atoms with Crippen LogP contribution in [-0.4, -0.2) is 17.7 Å². The molecular weight excluding hydrogens is 331 g/mol. The molecule has 0 atom stereocenters. The summed E-state index contributed by atoms with van der Waals surface area (Å²) in [5.74, 6) is 0. The van der Waals surface area contributed by atoms with Crippen LogP contribution < -0.4 is 27.6 Å². The normalized spacial score (nSPS) is 9.05. The van der Waals surface area contributed by atoms with E-state index in [0.29, 0.717) is 0 Å². The maximum absolute atomic E-state index is 5.71. The Kier molecular flexibility index (Phi) is 11.2. The van der Waals surface area contributed by atoms with Crippen LogP contribution in [0.2, 0.25) is 0 Å². The fraction of sp³-hybridized carbons (Fsp3) is 0.357. The van der Waals surface area contributed by atoms with Gasteiger partial charge in [0.1, 0.15) is 18.9 Å². The molecule has 0 spiro atoms. The lowest BCUT2D eigenvalue weighted by Crippen LogP contribution is -3.00. The fourth-order valence-corrected chi connectivity index (χ4v) is 2.03. The second-order valence-corrected chi connectivity index (χ2v) is 4.49. The van der Waals surface area contributed by atoms with Crippen LogP contribution >= 0.6 is 24.8 Å². The number of aromatic nitrogens is 2. The van der Waals surface area contributed by atoms with Crippen molar-refractivity contribution in [2.45, 2.75) is 13.5 Å². The van der Waals surface area contributed by atoms with Crippen molar-refractivity contribution in [1.29, 1.82) is 0 Å². The van der Waals surface area contributed by atoms with E-state index in [1.165, 1.54) is 5.69 Å². The Hall–Kier alpha value is -1.10. The van der Waals surface area contributed by atoms with E-state index in [1.54, 1.807) is 0 Å². The average Bonchev–Trinajstić information content (AvgIpc) is 2.78. The zero-order valence-corrected chi connectivity index (χ0v) is 14.7. The number of nitrogens with two attached hydrogens (primary N) is 1. The van der Waals surface area contributed by atoms with E-state index in [0.717, 1.165) is 25.3 Å². The number of hydrogen-bond donors (Lipinski definition) is 1. The first kappa shape index (κ1) is 22.2. The van der Waals surface area contributed by atoms with Gasteiger partial charge in [0.25, 0.3) is 0 Å². The summed E-state index contributed by atoms with van der Waals surface area (Å²) in [4.78, 5) is 2.35. The maximum atomic E-state index is 5.71. The molecule has 0 aliphatic rings. The summed E-state index contributed by atoms with van der Waals surface area (Å²) in [7, 11) is 2.04. The molecule has 2 rings (SSSR count). The number of likely N-dealkylation sites (N-methyl/N-ethyl adjacent to an activating group) is 1. The highest BCUT2D eigenvalue weighted by atomic mass is 35.5. The van der Waals surface area contributed by atoms with Crippen LogP contribution in [0.15, 0.2) is 43.0 Å². The van der Waals surface area contributed by atoms with Gasteiger partial charge in [0.2, 0.25) is 6.33 Å². The summed E-state index contributed by atoms with van der Waals surface area (Å²) in [6.07, 6.45) is 6.24. The quantitative estimate of drug-likeness (QED) is 0.568. The Morgan fingerprint density at radius 1 is 1.19 bits per heavy atom. The molecule has 1 heterocycles. The molecular formula is C14H23Cl3N4. The zero-order chi connectivity index (χ0) is 13.0. The highest BCUT2D eigenvalue weighted by Gasteiger charge is 2.06. The average molecular weight is 354 g/mol. The number of anilines is 2. The summed E-state index contributed by atoms with van der Waals surface area (Å²) >= 11 is 0. The first-order chi connectivity index (χ1) is 8.69. The lowest BCUT2D eigenvalue weighted by molar-refractivity contribution is -0.693. The van der Waals surface area contributed by atoms with Crippen molar-refractivity contribution in [3.05, 3.63) is 43.0 Å². The number of halogens is 3. The molecule has 0 radical (unpaired) electrons. The van der Waals surface area contributed by atoms with Crippen molar-refractivity contribution in [1.82, 2.24) is 4.57 Å². The lowest BCUT2D eigenvalue weighted by atomic mass is 10.2. The smallest absolute Gasteiger partial charge is 0.243 e. The second kappa shape index (κ2) is 10.6. The van der Waals surface area contributed by atoms with E-state index in [-0.39, 0.29) is 37.2 Å². The van der Waals surface area contributed by atoms with Gasteiger partial charge in [-0.3, -0.25) is 0 Å². The topological polar surface area (TPSA) is 38.1 Å². The molecule has 21 heavy (non-hydrogen) atoms. The summed E-state index contributed by atoms with van der Waals surface area (Å²) in [6, 6.07) is 8.06. The van der Waals surface area contributed by atoms with Gasteiger partial charge in [0, 0.05) is 17.9 Å². The van der Waals surface area contributed by atoms with Crippen LogP contribution in [0.1, 0.15) is 6.92 Å². The van der Waals surface area contributed by atoms with Crippen molar-refractivity contribution >= 4 is 36.2 Å². The minimum Gasteiger partial charge on any atom is -1.00 e. The number of nitrogens with zero attached hydrogens (tertiary/aromatic N) is 3. The Balaban J connectivity index is 0. The Labute approximate surface area is 145 Å². The van der Waals surface area contributed by atoms with E-state index in [4.69, 9.17) is 5.73 Å². The number of nitrogen functional groups attached to an aromatic ring is 1. The number of hydrogen-bond acceptors (Lipinski definition) is 2. The van der Waals surface area contributed by atoms with E-state index < -0.39 is 0 Å². The molecule has 0 amide bonds. The first-order valence-electron chi connectivity index (χ1n) is 6.30. The molecule has 0 aliphatic heterocycles. The molecule has 2 N–H and O–H groups in total. The van der Waals surface area contributed by atoms with Crippen LogP contribution in [0.4, 0.5) is 11.4 Å². The van der Waals surface area contributed by atoms with Gasteiger partial charge in [-0.15, -0.1) is 24.8 Å². The van der Waals surface area contributed by atoms with Gasteiger partial charge < -0.3 is 23.0 Å². The molecule has 0 fully saturated rings. The van der Waals surface area contributed by atoms with E-state index in [1.807, 2.05) is 19.2 Å². The van der Waals surface area contributed by atoms with Gasteiger partial charge in [-0.1, -0.05) is 0 Å². The predicted molar refractivity (Wildman–Crippen MR) is 88.8 cm³/mol. The molecule has 0 saturated heterocycles. The van der Waals surface area contributed by atoms with Gasteiger partial charge in [-0.2, -0.15) is 0 Å². The van der Waals surface area contributed by atoms with Gasteiger partial charge >= 0.3 is 0 Å². The molecule has 4 nitrogen and oxygen atoms in total. The standard InChI is InChI=1S/C14H21N4.3ClH/c1-3-18(14-6-4-13(15)5-7-14)11-10-17-9-8-16(2)12-17;;;/h4-9,12H,3,10-11,15H2,1-2H3;3*1H/q+1;;;/p-1. The molecule has 0 bridgehead atoms. The molecule has 0 aliphatic carbocycles. The maximum Gasteiger partial charge on any atom is 0.243 e. The molecule has 2 aromatic rings. The van der Waals surface area contributed by atoms with E-state index in [2.05, 4.69) is 51.8 Å². The van der Waals surface area contributed by atoms with Gasteiger partial charge in [-0.25, -0.2) is 9.13 Å². The van der Waals surface area contributed by atoms with Crippen molar-refractivity contribution in [2.24, 2.45) is 7.05 Å². The summed E-state index contributed by atoms with van der Waals surface area (Å²) in [5, 5.41) is 0. The van der Waals surface area contributed by atoms with E-state index in [9.17, 15) is 0 Å². The summed E-state index contributed by atoms with van der Waals surface area (Å²) in [6.45, 7) is 5.15. The van der Waals surface area contributed by atoms with Gasteiger partial charge in [0.05, 0.1) is 13.6 Å². The number of aryl methyl sites for hydroxylation is 1. The van der Waals surface area contributed by atoms with Crippen molar-refractivity contribution in [2.75, 3.05) is 23.7 Å². The van der Waals surface area contributed by atoms with Crippen molar-refractivity contribution < 1.29 is 17.0 Å². The molecule has 1 aromatic carbocycles. The van der Waals surface area contributed by atoms with E-state index >= 15 is 0 Å². The van der Waals surface area contributed by atoms with Crippen LogP contribution in [0.3, 0.4) is 0 Å². The highest BCUT2D eigenvalue weighted by Crippen LogP contribution is 2.15. The Bertz CT molecular complexity index is 499. The third kappa shape index (κ3) is 6.46. The molecule has 7 heteroatoms. The molecule has 0 unspecified atom stereocenters. The highest BCUT2D eigenvalue weighted by molar-refractivity contribution is 5.85. The summed E-state index contributed by atoms with van der Waals surface area (Å²) in [5.41, 5.74) is 7.75. The van der Waals surface area contributed by atoms with Crippen LogP contribution in [-0.2, 0) is 13.6 Å². The summed E-state index contributed by atoms with van der Waals surface area (Å²) < 4.78 is 4.25. The van der Waals surface area contributed by atoms with Crippen molar-refractivity contribution in [3.8, 4) is 0 Å². The van der Waals surface area contributed by atoms with Crippen molar-refractivity contribution in [3.63, 3.8) is 0 Å². The second-order valence-electron chi connectivity index (χ2n) is 4.49. The Morgan fingerprint density at radius 2 is 1.81 bits per heavy atom. The zero-order valence-electron chi connectivity index (χ0n) is 12.3. The Morgan fingerprint density at radius 3 is 2.29 bits per heavy atom. The predicted octanol–water partition coefficient (Wildman–Crippen LogP) is -0.731. The largest absolute Gasteiger partial charge is 1.00 e. The first-order valence-corrected chi connectivity index (χ1v) is 6.30. The number of benzene rings is 1. The van der Waals surface area contributed by atoms with Gasteiger partial charge in [0.15, 0.2) is 0 Å². The lowest BCUT2D eigenvalue weighted by Gasteiger charge is -2.22. The fourth-order valence-electron chi connectivity index (χ4n) is 2.03. The van der Waals surface area contributed by atoms with Crippen LogP contribution in [0, 0.1) is 0 Å².